The van der Waals surface area contributed by atoms with Gasteiger partial charge in [0.25, 0.3) is 0 Å². The van der Waals surface area contributed by atoms with E-state index in [0.717, 1.165) is 24.7 Å². The third-order valence-electron chi connectivity index (χ3n) is 4.31. The molecule has 1 N–H and O–H groups in total. The predicted molar refractivity (Wildman–Crippen MR) is 90.4 cm³/mol. The monoisotopic (exact) mass is 311 g/mol. The zero-order chi connectivity index (χ0) is 15.6. The zero-order valence-corrected chi connectivity index (χ0v) is 15.0. The van der Waals surface area contributed by atoms with Crippen LogP contribution in [-0.2, 0) is 11.2 Å². The van der Waals surface area contributed by atoms with E-state index in [2.05, 4.69) is 45.0 Å². The van der Waals surface area contributed by atoms with Crippen LogP contribution >= 0.6 is 11.3 Å². The number of ether oxygens (including phenoxy) is 1. The van der Waals surface area contributed by atoms with Gasteiger partial charge in [0.05, 0.1) is 18.3 Å². The molecule has 0 radical (unpaired) electrons. The van der Waals surface area contributed by atoms with Crippen LogP contribution in [0.1, 0.15) is 50.7 Å². The molecule has 1 aliphatic carbocycles. The second-order valence-electron chi connectivity index (χ2n) is 6.78. The van der Waals surface area contributed by atoms with Gasteiger partial charge in [-0.3, -0.25) is 0 Å². The maximum Gasteiger partial charge on any atom is 0.186 e. The highest BCUT2D eigenvalue weighted by Gasteiger charge is 2.35. The number of rotatable bonds is 6. The first-order valence-corrected chi connectivity index (χ1v) is 8.66. The average Bonchev–Trinajstić information content (AvgIpc) is 2.80. The Balaban J connectivity index is 2.30. The van der Waals surface area contributed by atoms with Crippen LogP contribution in [0.5, 0.6) is 0 Å². The van der Waals surface area contributed by atoms with E-state index in [0.29, 0.717) is 17.5 Å². The summed E-state index contributed by atoms with van der Waals surface area (Å²) < 4.78 is 5.31. The fourth-order valence-corrected chi connectivity index (χ4v) is 4.60. The molecular formula is C16H29N3OS. The SMILES string of the molecule is CCN(c1nc2c(s1)C(NC)CC(C)(C)C2)C(C)COC. The topological polar surface area (TPSA) is 37.4 Å². The van der Waals surface area contributed by atoms with Crippen LogP contribution in [0, 0.1) is 5.41 Å². The molecule has 0 amide bonds. The van der Waals surface area contributed by atoms with E-state index < -0.39 is 0 Å². The molecule has 0 fully saturated rings. The van der Waals surface area contributed by atoms with Crippen molar-refractivity contribution in [1.82, 2.24) is 10.3 Å². The lowest BCUT2D eigenvalue weighted by molar-refractivity contribution is 0.182. The first-order valence-electron chi connectivity index (χ1n) is 7.84. The summed E-state index contributed by atoms with van der Waals surface area (Å²) in [6.45, 7) is 10.8. The molecule has 0 spiro atoms. The van der Waals surface area contributed by atoms with Crippen molar-refractivity contribution < 1.29 is 4.74 Å². The van der Waals surface area contributed by atoms with Crippen molar-refractivity contribution in [2.45, 2.75) is 52.6 Å². The molecule has 0 bridgehead atoms. The second-order valence-corrected chi connectivity index (χ2v) is 7.79. The molecule has 1 aromatic rings. The Hall–Kier alpha value is -0.650. The third kappa shape index (κ3) is 3.58. The summed E-state index contributed by atoms with van der Waals surface area (Å²) in [6.07, 6.45) is 2.26. The molecule has 2 atom stereocenters. The Kier molecular flexibility index (Phi) is 5.28. The van der Waals surface area contributed by atoms with Crippen LogP contribution in [-0.4, -0.2) is 38.3 Å². The molecule has 2 unspecified atom stereocenters. The molecule has 1 heterocycles. The van der Waals surface area contributed by atoms with Gasteiger partial charge in [0, 0.05) is 24.6 Å². The minimum Gasteiger partial charge on any atom is -0.383 e. The number of methoxy groups -OCH3 is 1. The standard InChI is InChI=1S/C16H29N3OS/c1-7-19(11(2)10-20-6)15-18-13-9-16(3,4)8-12(17-5)14(13)21-15/h11-12,17H,7-10H2,1-6H3. The van der Waals surface area contributed by atoms with E-state index >= 15 is 0 Å². The molecule has 1 aromatic heterocycles. The lowest BCUT2D eigenvalue weighted by Crippen LogP contribution is -2.36. The van der Waals surface area contributed by atoms with Crippen molar-refractivity contribution in [1.29, 1.82) is 0 Å². The molecular weight excluding hydrogens is 282 g/mol. The number of nitrogens with zero attached hydrogens (tertiary/aromatic N) is 2. The van der Waals surface area contributed by atoms with Crippen LogP contribution in [0.25, 0.3) is 0 Å². The van der Waals surface area contributed by atoms with Crippen molar-refractivity contribution >= 4 is 16.5 Å². The van der Waals surface area contributed by atoms with Crippen molar-refractivity contribution in [2.75, 3.05) is 32.2 Å². The van der Waals surface area contributed by atoms with Gasteiger partial charge in [-0.2, -0.15) is 0 Å². The summed E-state index contributed by atoms with van der Waals surface area (Å²) in [5.41, 5.74) is 1.61. The predicted octanol–water partition coefficient (Wildman–Crippen LogP) is 3.24. The Labute approximate surface area is 132 Å². The van der Waals surface area contributed by atoms with Gasteiger partial charge in [-0.05, 0) is 39.2 Å². The normalized spacial score (nSPS) is 21.9. The van der Waals surface area contributed by atoms with Gasteiger partial charge in [0.1, 0.15) is 0 Å². The van der Waals surface area contributed by atoms with Crippen LogP contribution in [0.15, 0.2) is 0 Å². The maximum absolute atomic E-state index is 5.31. The number of hydrogen-bond donors (Lipinski definition) is 1. The van der Waals surface area contributed by atoms with Gasteiger partial charge in [0.15, 0.2) is 5.13 Å². The van der Waals surface area contributed by atoms with E-state index in [9.17, 15) is 0 Å². The zero-order valence-electron chi connectivity index (χ0n) is 14.2. The fraction of sp³-hybridized carbons (Fsp3) is 0.812. The number of fused-ring (bicyclic) bond motifs is 1. The van der Waals surface area contributed by atoms with E-state index in [4.69, 9.17) is 9.72 Å². The molecule has 0 aromatic carbocycles. The van der Waals surface area contributed by atoms with Crippen LogP contribution in [0.4, 0.5) is 5.13 Å². The molecule has 120 valence electrons. The molecule has 5 heteroatoms. The van der Waals surface area contributed by atoms with E-state index in [1.54, 1.807) is 7.11 Å². The van der Waals surface area contributed by atoms with Gasteiger partial charge in [-0.15, -0.1) is 0 Å². The smallest absolute Gasteiger partial charge is 0.186 e. The van der Waals surface area contributed by atoms with Crippen molar-refractivity contribution in [3.63, 3.8) is 0 Å². The summed E-state index contributed by atoms with van der Waals surface area (Å²) in [5, 5.41) is 4.61. The summed E-state index contributed by atoms with van der Waals surface area (Å²) in [6, 6.07) is 0.792. The molecule has 0 saturated heterocycles. The lowest BCUT2D eigenvalue weighted by Gasteiger charge is -2.34. The minimum absolute atomic E-state index is 0.321. The fourth-order valence-electron chi connectivity index (χ4n) is 3.24. The lowest BCUT2D eigenvalue weighted by atomic mass is 9.76. The Morgan fingerprint density at radius 3 is 2.81 bits per heavy atom. The molecule has 0 aliphatic heterocycles. The molecule has 21 heavy (non-hydrogen) atoms. The first-order chi connectivity index (χ1) is 9.91. The van der Waals surface area contributed by atoms with Crippen LogP contribution < -0.4 is 10.2 Å². The maximum atomic E-state index is 5.31. The number of aromatic nitrogens is 1. The van der Waals surface area contributed by atoms with Crippen molar-refractivity contribution in [3.8, 4) is 0 Å². The number of thiazole rings is 1. The highest BCUT2D eigenvalue weighted by Crippen LogP contribution is 2.44. The summed E-state index contributed by atoms with van der Waals surface area (Å²) >= 11 is 1.85. The highest BCUT2D eigenvalue weighted by atomic mass is 32.1. The largest absolute Gasteiger partial charge is 0.383 e. The Bertz CT molecular complexity index is 472. The van der Waals surface area contributed by atoms with Crippen molar-refractivity contribution in [2.24, 2.45) is 5.41 Å². The summed E-state index contributed by atoms with van der Waals surface area (Å²) in [4.78, 5) is 8.75. The number of anilines is 1. The minimum atomic E-state index is 0.321. The van der Waals surface area contributed by atoms with Crippen LogP contribution in [0.2, 0.25) is 0 Å². The molecule has 4 nitrogen and oxygen atoms in total. The molecule has 1 aliphatic rings. The average molecular weight is 311 g/mol. The second kappa shape index (κ2) is 6.63. The van der Waals surface area contributed by atoms with Crippen LogP contribution in [0.3, 0.4) is 0 Å². The Morgan fingerprint density at radius 1 is 1.52 bits per heavy atom. The van der Waals surface area contributed by atoms with Gasteiger partial charge in [-0.1, -0.05) is 25.2 Å². The van der Waals surface area contributed by atoms with E-state index in [1.165, 1.54) is 17.0 Å². The number of nitrogens with one attached hydrogen (secondary N) is 1. The van der Waals surface area contributed by atoms with Gasteiger partial charge in [-0.25, -0.2) is 4.98 Å². The molecule has 0 saturated carbocycles. The van der Waals surface area contributed by atoms with Gasteiger partial charge in [0.2, 0.25) is 0 Å². The summed E-state index contributed by atoms with van der Waals surface area (Å²) in [7, 11) is 3.82. The van der Waals surface area contributed by atoms with Crippen molar-refractivity contribution in [3.05, 3.63) is 10.6 Å². The van der Waals surface area contributed by atoms with E-state index in [-0.39, 0.29) is 0 Å². The van der Waals surface area contributed by atoms with E-state index in [1.807, 2.05) is 11.3 Å². The Morgan fingerprint density at radius 2 is 2.24 bits per heavy atom. The third-order valence-corrected chi connectivity index (χ3v) is 5.56. The first kappa shape index (κ1) is 16.7. The molecule has 2 rings (SSSR count). The number of likely N-dealkylation sites (N-methyl/N-ethyl adjacent to an activating group) is 1. The van der Waals surface area contributed by atoms with Gasteiger partial charge >= 0.3 is 0 Å². The summed E-state index contributed by atoms with van der Waals surface area (Å²) in [5.74, 6) is 0. The van der Waals surface area contributed by atoms with Gasteiger partial charge < -0.3 is 15.0 Å². The number of hydrogen-bond acceptors (Lipinski definition) is 5. The quantitative estimate of drug-likeness (QED) is 0.875. The highest BCUT2D eigenvalue weighted by molar-refractivity contribution is 7.15.